The van der Waals surface area contributed by atoms with Crippen LogP contribution in [0, 0.1) is 5.92 Å². The van der Waals surface area contributed by atoms with Gasteiger partial charge in [0.05, 0.1) is 12.7 Å². The minimum atomic E-state index is 0.507. The molecule has 2 heteroatoms. The lowest BCUT2D eigenvalue weighted by Gasteiger charge is -2.44. The molecule has 0 radical (unpaired) electrons. The maximum absolute atomic E-state index is 5.91. The Hall–Kier alpha value is -0.340. The average molecular weight is 195 g/mol. The molecule has 0 aromatic rings. The third kappa shape index (κ3) is 2.37. The zero-order valence-corrected chi connectivity index (χ0v) is 9.33. The van der Waals surface area contributed by atoms with Crippen LogP contribution in [-0.2, 0) is 4.74 Å². The lowest BCUT2D eigenvalue weighted by Crippen LogP contribution is -2.51. The fourth-order valence-electron chi connectivity index (χ4n) is 2.44. The van der Waals surface area contributed by atoms with Crippen molar-refractivity contribution in [2.75, 3.05) is 26.2 Å². The van der Waals surface area contributed by atoms with E-state index >= 15 is 0 Å². The Morgan fingerprint density at radius 3 is 2.57 bits per heavy atom. The maximum Gasteiger partial charge on any atom is 0.0735 e. The molecule has 2 bridgehead atoms. The van der Waals surface area contributed by atoms with Gasteiger partial charge in [0, 0.05) is 6.54 Å². The second kappa shape index (κ2) is 4.45. The van der Waals surface area contributed by atoms with Crippen LogP contribution in [0.3, 0.4) is 0 Å². The molecule has 14 heavy (non-hydrogen) atoms. The first kappa shape index (κ1) is 10.2. The Kier molecular flexibility index (Phi) is 3.24. The van der Waals surface area contributed by atoms with E-state index in [4.69, 9.17) is 4.74 Å². The Balaban J connectivity index is 1.78. The van der Waals surface area contributed by atoms with Crippen LogP contribution < -0.4 is 0 Å². The Morgan fingerprint density at radius 1 is 1.36 bits per heavy atom. The van der Waals surface area contributed by atoms with Crippen LogP contribution >= 0.6 is 0 Å². The molecule has 0 saturated carbocycles. The zero-order valence-electron chi connectivity index (χ0n) is 9.33. The van der Waals surface area contributed by atoms with Crippen molar-refractivity contribution in [3.63, 3.8) is 0 Å². The van der Waals surface area contributed by atoms with Crippen LogP contribution in [0.2, 0.25) is 0 Å². The summed E-state index contributed by atoms with van der Waals surface area (Å²) in [6.07, 6.45) is 5.38. The summed E-state index contributed by atoms with van der Waals surface area (Å²) in [5.41, 5.74) is 1.35. The topological polar surface area (TPSA) is 12.5 Å². The second-order valence-corrected chi connectivity index (χ2v) is 4.79. The van der Waals surface area contributed by atoms with Crippen LogP contribution in [0.1, 0.15) is 26.7 Å². The molecule has 0 N–H and O–H groups in total. The van der Waals surface area contributed by atoms with Crippen LogP contribution in [0.15, 0.2) is 11.6 Å². The minimum absolute atomic E-state index is 0.507. The van der Waals surface area contributed by atoms with Crippen molar-refractivity contribution in [1.29, 1.82) is 0 Å². The van der Waals surface area contributed by atoms with E-state index in [0.29, 0.717) is 6.10 Å². The number of hydrogen-bond donors (Lipinski definition) is 0. The van der Waals surface area contributed by atoms with Crippen molar-refractivity contribution < 1.29 is 4.74 Å². The normalized spacial score (nSPS) is 35.7. The number of allylic oxidation sites excluding steroid dienone is 1. The Morgan fingerprint density at radius 2 is 2.07 bits per heavy atom. The minimum Gasteiger partial charge on any atom is -0.373 e. The number of hydrogen-bond acceptors (Lipinski definition) is 2. The zero-order chi connectivity index (χ0) is 9.97. The van der Waals surface area contributed by atoms with E-state index in [2.05, 4.69) is 24.8 Å². The third-order valence-corrected chi connectivity index (χ3v) is 3.40. The van der Waals surface area contributed by atoms with Gasteiger partial charge in [0.1, 0.15) is 0 Å². The Labute approximate surface area is 86.9 Å². The summed E-state index contributed by atoms with van der Waals surface area (Å²) in [5, 5.41) is 0. The van der Waals surface area contributed by atoms with Gasteiger partial charge < -0.3 is 9.64 Å². The highest BCUT2D eigenvalue weighted by Crippen LogP contribution is 2.29. The van der Waals surface area contributed by atoms with Crippen molar-refractivity contribution in [2.45, 2.75) is 32.8 Å². The van der Waals surface area contributed by atoms with E-state index in [9.17, 15) is 0 Å². The van der Waals surface area contributed by atoms with E-state index in [-0.39, 0.29) is 0 Å². The van der Waals surface area contributed by atoms with Crippen LogP contribution in [0.4, 0.5) is 0 Å². The molecule has 3 fully saturated rings. The largest absolute Gasteiger partial charge is 0.373 e. The van der Waals surface area contributed by atoms with Crippen LogP contribution in [0.5, 0.6) is 0 Å². The highest BCUT2D eigenvalue weighted by molar-refractivity contribution is 4.94. The van der Waals surface area contributed by atoms with Crippen LogP contribution in [0.25, 0.3) is 0 Å². The summed E-state index contributed by atoms with van der Waals surface area (Å²) in [7, 11) is 0. The molecule has 0 aromatic heterocycles. The molecule has 3 aliphatic heterocycles. The molecule has 3 saturated heterocycles. The van der Waals surface area contributed by atoms with Crippen molar-refractivity contribution in [3.8, 4) is 0 Å². The molecule has 0 unspecified atom stereocenters. The second-order valence-electron chi connectivity index (χ2n) is 4.79. The molecule has 0 aliphatic carbocycles. The number of ether oxygens (including phenoxy) is 1. The lowest BCUT2D eigenvalue weighted by molar-refractivity contribution is -0.0604. The third-order valence-electron chi connectivity index (χ3n) is 3.40. The summed E-state index contributed by atoms with van der Waals surface area (Å²) in [4.78, 5) is 2.53. The van der Waals surface area contributed by atoms with Gasteiger partial charge >= 0.3 is 0 Å². The van der Waals surface area contributed by atoms with E-state index in [0.717, 1.165) is 12.5 Å². The highest BCUT2D eigenvalue weighted by atomic mass is 16.5. The summed E-state index contributed by atoms with van der Waals surface area (Å²) < 4.78 is 5.91. The van der Waals surface area contributed by atoms with Gasteiger partial charge in [-0.05, 0) is 45.7 Å². The predicted octanol–water partition coefficient (Wildman–Crippen LogP) is 2.06. The highest BCUT2D eigenvalue weighted by Gasteiger charge is 2.34. The first-order valence-electron chi connectivity index (χ1n) is 5.73. The number of piperidine rings is 3. The summed E-state index contributed by atoms with van der Waals surface area (Å²) >= 11 is 0. The predicted molar refractivity (Wildman–Crippen MR) is 58.3 cm³/mol. The SMILES string of the molecule is CC(C)=CCO[C@H]1CN2CCC1CC2. The molecule has 3 heterocycles. The fourth-order valence-corrected chi connectivity index (χ4v) is 2.44. The molecule has 1 atom stereocenters. The van der Waals surface area contributed by atoms with E-state index in [1.165, 1.54) is 38.0 Å². The Bertz CT molecular complexity index is 212. The molecule has 3 aliphatic rings. The van der Waals surface area contributed by atoms with Gasteiger partial charge in [-0.15, -0.1) is 0 Å². The summed E-state index contributed by atoms with van der Waals surface area (Å²) in [6.45, 7) is 8.82. The quantitative estimate of drug-likeness (QED) is 0.639. The van der Waals surface area contributed by atoms with Crippen LogP contribution in [-0.4, -0.2) is 37.2 Å². The summed E-state index contributed by atoms with van der Waals surface area (Å²) in [6, 6.07) is 0. The first-order valence-corrected chi connectivity index (χ1v) is 5.73. The maximum atomic E-state index is 5.91. The number of fused-ring (bicyclic) bond motifs is 3. The molecular weight excluding hydrogens is 174 g/mol. The van der Waals surface area contributed by atoms with Gasteiger partial charge in [0.15, 0.2) is 0 Å². The van der Waals surface area contributed by atoms with Crippen molar-refractivity contribution >= 4 is 0 Å². The fraction of sp³-hybridized carbons (Fsp3) is 0.833. The number of nitrogens with zero attached hydrogens (tertiary/aromatic N) is 1. The van der Waals surface area contributed by atoms with Gasteiger partial charge in [-0.3, -0.25) is 0 Å². The monoisotopic (exact) mass is 195 g/mol. The molecule has 0 aromatic carbocycles. The van der Waals surface area contributed by atoms with Crippen molar-refractivity contribution in [1.82, 2.24) is 4.90 Å². The van der Waals surface area contributed by atoms with E-state index in [1.54, 1.807) is 0 Å². The van der Waals surface area contributed by atoms with Gasteiger partial charge in [0.2, 0.25) is 0 Å². The molecule has 80 valence electrons. The van der Waals surface area contributed by atoms with Gasteiger partial charge in [-0.1, -0.05) is 11.6 Å². The lowest BCUT2D eigenvalue weighted by atomic mass is 9.86. The molecular formula is C12H21NO. The molecule has 2 nitrogen and oxygen atoms in total. The molecule has 3 rings (SSSR count). The van der Waals surface area contributed by atoms with Crippen molar-refractivity contribution in [2.24, 2.45) is 5.92 Å². The van der Waals surface area contributed by atoms with E-state index in [1.807, 2.05) is 0 Å². The smallest absolute Gasteiger partial charge is 0.0735 e. The standard InChI is InChI=1S/C12H21NO/c1-10(2)5-8-14-12-9-13-6-3-11(12)4-7-13/h5,11-12H,3-4,6-9H2,1-2H3/t12-/m0/s1. The first-order chi connectivity index (χ1) is 6.75. The van der Waals surface area contributed by atoms with Crippen molar-refractivity contribution in [3.05, 3.63) is 11.6 Å². The molecule has 0 amide bonds. The summed E-state index contributed by atoms with van der Waals surface area (Å²) in [5.74, 6) is 0.838. The number of rotatable bonds is 3. The van der Waals surface area contributed by atoms with E-state index < -0.39 is 0 Å². The average Bonchev–Trinajstić information content (AvgIpc) is 2.19. The van der Waals surface area contributed by atoms with Gasteiger partial charge in [-0.2, -0.15) is 0 Å². The van der Waals surface area contributed by atoms with Gasteiger partial charge in [-0.25, -0.2) is 0 Å². The molecule has 0 spiro atoms. The van der Waals surface area contributed by atoms with Gasteiger partial charge in [0.25, 0.3) is 0 Å².